The zero-order valence-corrected chi connectivity index (χ0v) is 13.1. The van der Waals surface area contributed by atoms with E-state index in [9.17, 15) is 14.7 Å². The number of aryl methyl sites for hydroxylation is 1. The van der Waals surface area contributed by atoms with Gasteiger partial charge in [0.1, 0.15) is 11.8 Å². The first-order valence-corrected chi connectivity index (χ1v) is 7.23. The van der Waals surface area contributed by atoms with Crippen LogP contribution in [0, 0.1) is 6.92 Å². The third-order valence-electron chi connectivity index (χ3n) is 3.62. The molecule has 0 fully saturated rings. The lowest BCUT2D eigenvalue weighted by molar-refractivity contribution is -0.139. The summed E-state index contributed by atoms with van der Waals surface area (Å²) in [5, 5.41) is 12.0. The molecule has 2 N–H and O–H groups in total. The highest BCUT2D eigenvalue weighted by molar-refractivity contribution is 5.96. The van der Waals surface area contributed by atoms with Crippen molar-refractivity contribution in [2.24, 2.45) is 0 Å². The number of carboxylic acids is 1. The molecule has 0 saturated carbocycles. The summed E-state index contributed by atoms with van der Waals surface area (Å²) in [6.07, 6.45) is 0.191. The predicted octanol–water partition coefficient (Wildman–Crippen LogP) is 2.43. The van der Waals surface area contributed by atoms with E-state index in [1.54, 1.807) is 43.5 Å². The maximum absolute atomic E-state index is 12.2. The molecular weight excluding hydrogens is 294 g/mol. The minimum absolute atomic E-state index is 0.191. The Labute approximate surface area is 134 Å². The van der Waals surface area contributed by atoms with E-state index in [2.05, 4.69) is 5.32 Å². The third kappa shape index (κ3) is 4.32. The van der Waals surface area contributed by atoms with Crippen molar-refractivity contribution >= 4 is 11.9 Å². The molecule has 0 radical (unpaired) electrons. The minimum atomic E-state index is -1.07. The van der Waals surface area contributed by atoms with Gasteiger partial charge in [0.15, 0.2) is 0 Å². The molecule has 2 aromatic rings. The lowest BCUT2D eigenvalue weighted by atomic mass is 10.0. The molecule has 1 atom stereocenters. The van der Waals surface area contributed by atoms with E-state index in [4.69, 9.17) is 4.74 Å². The Morgan fingerprint density at radius 2 is 1.87 bits per heavy atom. The molecule has 0 aromatic heterocycles. The molecule has 0 saturated heterocycles. The van der Waals surface area contributed by atoms with Crippen LogP contribution in [0.1, 0.15) is 21.5 Å². The highest BCUT2D eigenvalue weighted by Crippen LogP contribution is 2.18. The molecular formula is C18H19NO4. The first kappa shape index (κ1) is 16.5. The van der Waals surface area contributed by atoms with Crippen molar-refractivity contribution in [2.45, 2.75) is 19.4 Å². The molecule has 0 spiro atoms. The molecule has 1 amide bonds. The van der Waals surface area contributed by atoms with E-state index in [0.29, 0.717) is 11.3 Å². The third-order valence-corrected chi connectivity index (χ3v) is 3.62. The maximum atomic E-state index is 12.2. The number of carbonyl (C=O) groups is 2. The molecule has 0 aliphatic rings. The van der Waals surface area contributed by atoms with Crippen LogP contribution < -0.4 is 10.1 Å². The van der Waals surface area contributed by atoms with Crippen LogP contribution in [-0.4, -0.2) is 30.1 Å². The monoisotopic (exact) mass is 313 g/mol. The molecule has 5 heteroatoms. The smallest absolute Gasteiger partial charge is 0.326 e. The number of nitrogens with one attached hydrogen (secondary N) is 1. The number of aliphatic carboxylic acids is 1. The van der Waals surface area contributed by atoms with Gasteiger partial charge in [-0.25, -0.2) is 4.79 Å². The summed E-state index contributed by atoms with van der Waals surface area (Å²) in [6, 6.07) is 13.0. The van der Waals surface area contributed by atoms with Crippen LogP contribution in [-0.2, 0) is 11.2 Å². The number of hydrogen-bond acceptors (Lipinski definition) is 3. The zero-order valence-electron chi connectivity index (χ0n) is 13.1. The lowest BCUT2D eigenvalue weighted by Gasteiger charge is -2.16. The highest BCUT2D eigenvalue weighted by Gasteiger charge is 2.22. The molecule has 2 aromatic carbocycles. The van der Waals surface area contributed by atoms with Crippen LogP contribution in [0.15, 0.2) is 48.5 Å². The molecule has 23 heavy (non-hydrogen) atoms. The van der Waals surface area contributed by atoms with Crippen LogP contribution >= 0.6 is 0 Å². The van der Waals surface area contributed by atoms with Crippen molar-refractivity contribution in [1.29, 1.82) is 0 Å². The van der Waals surface area contributed by atoms with Gasteiger partial charge in [0.2, 0.25) is 0 Å². The van der Waals surface area contributed by atoms with Crippen molar-refractivity contribution in [2.75, 3.05) is 7.11 Å². The number of hydrogen-bond donors (Lipinski definition) is 2. The maximum Gasteiger partial charge on any atom is 0.326 e. The minimum Gasteiger partial charge on any atom is -0.497 e. The van der Waals surface area contributed by atoms with Gasteiger partial charge in [-0.05, 0) is 42.3 Å². The molecule has 120 valence electrons. The van der Waals surface area contributed by atoms with E-state index >= 15 is 0 Å². The number of rotatable bonds is 6. The summed E-state index contributed by atoms with van der Waals surface area (Å²) in [7, 11) is 1.56. The molecule has 0 heterocycles. The van der Waals surface area contributed by atoms with Crippen molar-refractivity contribution in [3.63, 3.8) is 0 Å². The second kappa shape index (κ2) is 7.45. The number of benzene rings is 2. The number of carbonyl (C=O) groups excluding carboxylic acids is 1. The summed E-state index contributed by atoms with van der Waals surface area (Å²) in [6.45, 7) is 1.90. The van der Waals surface area contributed by atoms with Crippen molar-refractivity contribution in [1.82, 2.24) is 5.32 Å². The van der Waals surface area contributed by atoms with E-state index in [1.165, 1.54) is 0 Å². The molecule has 0 bridgehead atoms. The number of methoxy groups -OCH3 is 1. The average Bonchev–Trinajstić information content (AvgIpc) is 2.56. The number of carboxylic acid groups (broad SMARTS) is 1. The Hall–Kier alpha value is -2.82. The van der Waals surface area contributed by atoms with E-state index in [0.717, 1.165) is 11.1 Å². The largest absolute Gasteiger partial charge is 0.497 e. The Bertz CT molecular complexity index is 697. The van der Waals surface area contributed by atoms with Gasteiger partial charge in [0, 0.05) is 12.0 Å². The quantitative estimate of drug-likeness (QED) is 0.859. The summed E-state index contributed by atoms with van der Waals surface area (Å²) >= 11 is 0. The molecule has 0 aliphatic heterocycles. The van der Waals surface area contributed by atoms with Gasteiger partial charge in [-0.15, -0.1) is 0 Å². The van der Waals surface area contributed by atoms with Crippen LogP contribution in [0.3, 0.4) is 0 Å². The van der Waals surface area contributed by atoms with Crippen molar-refractivity contribution in [3.05, 3.63) is 65.2 Å². The fourth-order valence-electron chi connectivity index (χ4n) is 2.25. The van der Waals surface area contributed by atoms with Crippen LogP contribution in [0.2, 0.25) is 0 Å². The first-order valence-electron chi connectivity index (χ1n) is 7.23. The van der Waals surface area contributed by atoms with Gasteiger partial charge in [0.05, 0.1) is 7.11 Å². The lowest BCUT2D eigenvalue weighted by Crippen LogP contribution is -2.42. The van der Waals surface area contributed by atoms with Crippen LogP contribution in [0.25, 0.3) is 0 Å². The summed E-state index contributed by atoms with van der Waals surface area (Å²) < 4.78 is 5.17. The molecule has 2 rings (SSSR count). The molecule has 0 unspecified atom stereocenters. The number of ether oxygens (including phenoxy) is 1. The normalized spacial score (nSPS) is 11.6. The van der Waals surface area contributed by atoms with Gasteiger partial charge in [-0.3, -0.25) is 4.79 Å². The van der Waals surface area contributed by atoms with Gasteiger partial charge in [-0.1, -0.05) is 24.3 Å². The van der Waals surface area contributed by atoms with E-state index < -0.39 is 17.9 Å². The van der Waals surface area contributed by atoms with Gasteiger partial charge < -0.3 is 15.2 Å². The fraction of sp³-hybridized carbons (Fsp3) is 0.222. The summed E-state index contributed by atoms with van der Waals surface area (Å²) in [5.41, 5.74) is 2.21. The Kier molecular flexibility index (Phi) is 5.36. The van der Waals surface area contributed by atoms with E-state index in [-0.39, 0.29) is 6.42 Å². The molecule has 0 aliphatic carbocycles. The SMILES string of the molecule is COc1ccc(C)c(C[C@H](NC(=O)c2ccccc2)C(=O)O)c1. The van der Waals surface area contributed by atoms with Gasteiger partial charge >= 0.3 is 5.97 Å². The predicted molar refractivity (Wildman–Crippen MR) is 86.8 cm³/mol. The molecule has 5 nitrogen and oxygen atoms in total. The van der Waals surface area contributed by atoms with Crippen molar-refractivity contribution in [3.8, 4) is 5.75 Å². The Balaban J connectivity index is 2.16. The fourth-order valence-corrected chi connectivity index (χ4v) is 2.25. The van der Waals surface area contributed by atoms with Crippen LogP contribution in [0.4, 0.5) is 0 Å². The summed E-state index contributed by atoms with van der Waals surface area (Å²) in [5.74, 6) is -0.820. The second-order valence-corrected chi connectivity index (χ2v) is 5.23. The summed E-state index contributed by atoms with van der Waals surface area (Å²) in [4.78, 5) is 23.6. The average molecular weight is 313 g/mol. The van der Waals surface area contributed by atoms with Gasteiger partial charge in [0.25, 0.3) is 5.91 Å². The highest BCUT2D eigenvalue weighted by atomic mass is 16.5. The van der Waals surface area contributed by atoms with E-state index in [1.807, 2.05) is 19.1 Å². The first-order chi connectivity index (χ1) is 11.0. The topological polar surface area (TPSA) is 75.6 Å². The standard InChI is InChI=1S/C18H19NO4/c1-12-8-9-15(23-2)10-14(12)11-16(18(21)22)19-17(20)13-6-4-3-5-7-13/h3-10,16H,11H2,1-2H3,(H,19,20)(H,21,22)/t16-/m0/s1. The second-order valence-electron chi connectivity index (χ2n) is 5.23. The zero-order chi connectivity index (χ0) is 16.8. The van der Waals surface area contributed by atoms with Crippen LogP contribution in [0.5, 0.6) is 5.75 Å². The van der Waals surface area contributed by atoms with Crippen molar-refractivity contribution < 1.29 is 19.4 Å². The number of amides is 1. The van der Waals surface area contributed by atoms with Gasteiger partial charge in [-0.2, -0.15) is 0 Å². The Morgan fingerprint density at radius 3 is 2.48 bits per heavy atom. The Morgan fingerprint density at radius 1 is 1.17 bits per heavy atom.